The van der Waals surface area contributed by atoms with E-state index in [4.69, 9.17) is 4.74 Å². The molecule has 9 heteroatoms. The summed E-state index contributed by atoms with van der Waals surface area (Å²) in [6.07, 6.45) is 2.44. The lowest BCUT2D eigenvalue weighted by Gasteiger charge is -2.22. The molecular formula is C29H30N4O4S. The number of ether oxygens (including phenoxy) is 1. The van der Waals surface area contributed by atoms with E-state index < -0.39 is 10.0 Å². The maximum absolute atomic E-state index is 13.4. The average Bonchev–Trinajstić information content (AvgIpc) is 3.18. The fourth-order valence-corrected chi connectivity index (χ4v) is 6.01. The van der Waals surface area contributed by atoms with Gasteiger partial charge < -0.3 is 9.64 Å². The molecule has 0 spiro atoms. The number of benzene rings is 3. The minimum absolute atomic E-state index is 0.0717. The van der Waals surface area contributed by atoms with Crippen molar-refractivity contribution in [2.24, 2.45) is 0 Å². The van der Waals surface area contributed by atoms with Gasteiger partial charge in [0.2, 0.25) is 0 Å². The molecule has 0 radical (unpaired) electrons. The summed E-state index contributed by atoms with van der Waals surface area (Å²) in [6.45, 7) is 3.85. The van der Waals surface area contributed by atoms with Crippen LogP contribution >= 0.6 is 0 Å². The van der Waals surface area contributed by atoms with Crippen LogP contribution in [-0.4, -0.2) is 62.4 Å². The fraction of sp³-hybridized carbons (Fsp3) is 0.241. The number of methoxy groups -OCH3 is 1. The van der Waals surface area contributed by atoms with Gasteiger partial charge in [0.15, 0.2) is 0 Å². The minimum atomic E-state index is -3.96. The molecule has 0 aliphatic carbocycles. The van der Waals surface area contributed by atoms with E-state index in [2.05, 4.69) is 26.7 Å². The summed E-state index contributed by atoms with van der Waals surface area (Å²) in [7, 11) is -2.50. The van der Waals surface area contributed by atoms with E-state index in [0.29, 0.717) is 24.2 Å². The van der Waals surface area contributed by atoms with E-state index in [1.54, 1.807) is 36.5 Å². The van der Waals surface area contributed by atoms with Crippen LogP contribution in [0, 0.1) is 0 Å². The van der Waals surface area contributed by atoms with Crippen LogP contribution in [0.15, 0.2) is 90.0 Å². The summed E-state index contributed by atoms with van der Waals surface area (Å²) < 4.78 is 34.6. The third kappa shape index (κ3) is 5.64. The Bertz CT molecular complexity index is 1540. The number of pyridine rings is 1. The molecule has 1 amide bonds. The summed E-state index contributed by atoms with van der Waals surface area (Å²) in [5.41, 5.74) is 2.35. The highest BCUT2D eigenvalue weighted by atomic mass is 32.2. The molecular weight excluding hydrogens is 500 g/mol. The maximum atomic E-state index is 13.4. The minimum Gasteiger partial charge on any atom is -0.495 e. The van der Waals surface area contributed by atoms with Crippen molar-refractivity contribution in [2.75, 3.05) is 38.0 Å². The second-order valence-corrected chi connectivity index (χ2v) is 10.9. The normalized spacial score (nSPS) is 14.7. The van der Waals surface area contributed by atoms with E-state index in [-0.39, 0.29) is 22.2 Å². The van der Waals surface area contributed by atoms with E-state index in [1.807, 2.05) is 35.2 Å². The number of para-hydroxylation sites is 1. The summed E-state index contributed by atoms with van der Waals surface area (Å²) in [5.74, 6) is 0.172. The molecule has 0 atom stereocenters. The van der Waals surface area contributed by atoms with Crippen LogP contribution in [0.3, 0.4) is 0 Å². The number of amides is 1. The van der Waals surface area contributed by atoms with Gasteiger partial charge in [0.1, 0.15) is 10.6 Å². The number of nitrogens with zero attached hydrogens (tertiary/aromatic N) is 3. The van der Waals surface area contributed by atoms with Crippen molar-refractivity contribution < 1.29 is 17.9 Å². The van der Waals surface area contributed by atoms with E-state index in [1.165, 1.54) is 18.7 Å². The molecule has 3 aromatic carbocycles. The molecule has 0 unspecified atom stereocenters. The second-order valence-electron chi connectivity index (χ2n) is 9.26. The van der Waals surface area contributed by atoms with Crippen molar-refractivity contribution in [1.82, 2.24) is 14.8 Å². The predicted octanol–water partition coefficient (Wildman–Crippen LogP) is 4.39. The molecule has 2 heterocycles. The molecule has 1 aliphatic rings. The van der Waals surface area contributed by atoms with Gasteiger partial charge in [-0.15, -0.1) is 0 Å². The fourth-order valence-electron chi connectivity index (χ4n) is 4.76. The van der Waals surface area contributed by atoms with E-state index >= 15 is 0 Å². The number of carbonyl (C=O) groups excluding carboxylic acids is 1. The zero-order valence-corrected chi connectivity index (χ0v) is 22.0. The highest BCUT2D eigenvalue weighted by Crippen LogP contribution is 2.30. The first-order valence-electron chi connectivity index (χ1n) is 12.5. The Hall–Kier alpha value is -3.95. The number of rotatable bonds is 7. The number of fused-ring (bicyclic) bond motifs is 1. The Balaban J connectivity index is 1.31. The molecule has 5 rings (SSSR count). The lowest BCUT2D eigenvalue weighted by Crippen LogP contribution is -2.35. The van der Waals surface area contributed by atoms with Crippen LogP contribution in [0.1, 0.15) is 22.3 Å². The zero-order chi connectivity index (χ0) is 26.5. The number of hydrogen-bond acceptors (Lipinski definition) is 6. The van der Waals surface area contributed by atoms with Crippen LogP contribution in [0.25, 0.3) is 10.9 Å². The number of nitrogens with one attached hydrogen (secondary N) is 1. The van der Waals surface area contributed by atoms with Gasteiger partial charge in [0.25, 0.3) is 15.9 Å². The molecule has 1 saturated heterocycles. The monoisotopic (exact) mass is 530 g/mol. The Labute approximate surface area is 222 Å². The Kier molecular flexibility index (Phi) is 7.57. The molecule has 1 N–H and O–H groups in total. The first-order chi connectivity index (χ1) is 18.4. The van der Waals surface area contributed by atoms with Crippen molar-refractivity contribution in [2.45, 2.75) is 17.9 Å². The maximum Gasteiger partial charge on any atom is 0.264 e. The van der Waals surface area contributed by atoms with Crippen molar-refractivity contribution in [3.05, 3.63) is 96.2 Å². The second kappa shape index (κ2) is 11.2. The number of carbonyl (C=O) groups is 1. The van der Waals surface area contributed by atoms with Crippen molar-refractivity contribution in [3.8, 4) is 5.75 Å². The van der Waals surface area contributed by atoms with Gasteiger partial charge in [0.05, 0.1) is 18.3 Å². The van der Waals surface area contributed by atoms with E-state index in [9.17, 15) is 13.2 Å². The van der Waals surface area contributed by atoms with E-state index in [0.717, 1.165) is 31.4 Å². The van der Waals surface area contributed by atoms with Crippen LogP contribution in [0.5, 0.6) is 5.75 Å². The lowest BCUT2D eigenvalue weighted by atomic mass is 10.1. The molecule has 8 nitrogen and oxygen atoms in total. The zero-order valence-electron chi connectivity index (χ0n) is 21.2. The number of hydrogen-bond donors (Lipinski definition) is 1. The van der Waals surface area contributed by atoms with Gasteiger partial charge in [0, 0.05) is 49.9 Å². The van der Waals surface area contributed by atoms with Gasteiger partial charge >= 0.3 is 0 Å². The Morgan fingerprint density at radius 3 is 2.58 bits per heavy atom. The van der Waals surface area contributed by atoms with Crippen molar-refractivity contribution in [1.29, 1.82) is 0 Å². The highest BCUT2D eigenvalue weighted by molar-refractivity contribution is 7.93. The van der Waals surface area contributed by atoms with Crippen LogP contribution in [0.4, 0.5) is 5.69 Å². The van der Waals surface area contributed by atoms with Gasteiger partial charge in [-0.3, -0.25) is 19.4 Å². The largest absolute Gasteiger partial charge is 0.495 e. The van der Waals surface area contributed by atoms with Gasteiger partial charge in [-0.05, 0) is 42.3 Å². The van der Waals surface area contributed by atoms with Crippen molar-refractivity contribution in [3.63, 3.8) is 0 Å². The topological polar surface area (TPSA) is 91.8 Å². The highest BCUT2D eigenvalue weighted by Gasteiger charge is 2.24. The average molecular weight is 531 g/mol. The molecule has 196 valence electrons. The summed E-state index contributed by atoms with van der Waals surface area (Å²) in [4.78, 5) is 21.9. The first kappa shape index (κ1) is 25.7. The van der Waals surface area contributed by atoms with Gasteiger partial charge in [-0.2, -0.15) is 0 Å². The molecule has 0 bridgehead atoms. The number of aromatic nitrogens is 1. The third-order valence-electron chi connectivity index (χ3n) is 6.70. The molecule has 1 aromatic heterocycles. The number of anilines is 1. The molecule has 0 saturated carbocycles. The summed E-state index contributed by atoms with van der Waals surface area (Å²) >= 11 is 0. The molecule has 4 aromatic rings. The quantitative estimate of drug-likeness (QED) is 0.381. The SMILES string of the molecule is COc1cc(C(=O)N2CCCN(Cc3ccccc3)CC2)ccc1NS(=O)(=O)c1cccc2cccnc12. The van der Waals surface area contributed by atoms with Crippen molar-refractivity contribution >= 4 is 32.5 Å². The smallest absolute Gasteiger partial charge is 0.264 e. The standard InChI is InChI=1S/C29H30N4O4S/c1-37-26-20-24(29(34)33-17-7-16-32(18-19-33)21-22-8-3-2-4-9-22)13-14-25(26)31-38(35,36)27-12-5-10-23-11-6-15-30-28(23)27/h2-6,8-15,20,31H,7,16-19,21H2,1H3. The molecule has 1 fully saturated rings. The molecule has 38 heavy (non-hydrogen) atoms. The first-order valence-corrected chi connectivity index (χ1v) is 14.0. The van der Waals surface area contributed by atoms with Crippen LogP contribution < -0.4 is 9.46 Å². The van der Waals surface area contributed by atoms with Crippen LogP contribution in [0.2, 0.25) is 0 Å². The third-order valence-corrected chi connectivity index (χ3v) is 8.10. The Morgan fingerprint density at radius 1 is 0.947 bits per heavy atom. The van der Waals surface area contributed by atoms with Gasteiger partial charge in [-0.25, -0.2) is 8.42 Å². The van der Waals surface area contributed by atoms with Gasteiger partial charge in [-0.1, -0.05) is 48.5 Å². The Morgan fingerprint density at radius 2 is 1.76 bits per heavy atom. The molecule has 1 aliphatic heterocycles. The van der Waals surface area contributed by atoms with Crippen LogP contribution in [-0.2, 0) is 16.6 Å². The number of sulfonamides is 1. The summed E-state index contributed by atoms with van der Waals surface area (Å²) in [5, 5.41) is 0.725. The summed E-state index contributed by atoms with van der Waals surface area (Å²) in [6, 6.07) is 23.7. The lowest BCUT2D eigenvalue weighted by molar-refractivity contribution is 0.0760. The predicted molar refractivity (Wildman–Crippen MR) is 148 cm³/mol.